The molecule has 0 aliphatic carbocycles. The number of hydrogen-bond donors (Lipinski definition) is 2. The van der Waals surface area contributed by atoms with Gasteiger partial charge in [-0.05, 0) is 26.3 Å². The van der Waals surface area contributed by atoms with Gasteiger partial charge in [0, 0.05) is 12.6 Å². The SMILES string of the molecule is Cc1cccc(CNc2nncc(NC(C)C)n2)c1. The number of nitrogens with zero attached hydrogens (tertiary/aromatic N) is 3. The Bertz CT molecular complexity index is 539. The third-order valence-corrected chi connectivity index (χ3v) is 2.53. The standard InChI is InChI=1S/C14H19N5/c1-10(2)17-13-9-16-19-14(18-13)15-8-12-6-4-5-11(3)7-12/h4-7,9-10H,8H2,1-3H3,(H2,15,17,18,19). The molecule has 1 aromatic carbocycles. The van der Waals surface area contributed by atoms with E-state index in [1.54, 1.807) is 6.20 Å². The van der Waals surface area contributed by atoms with E-state index in [-0.39, 0.29) is 0 Å². The number of rotatable bonds is 5. The monoisotopic (exact) mass is 257 g/mol. The molecule has 0 spiro atoms. The number of aromatic nitrogens is 3. The Balaban J connectivity index is 1.99. The highest BCUT2D eigenvalue weighted by atomic mass is 15.3. The molecule has 5 nitrogen and oxygen atoms in total. The maximum Gasteiger partial charge on any atom is 0.244 e. The van der Waals surface area contributed by atoms with Crippen LogP contribution in [0.2, 0.25) is 0 Å². The fourth-order valence-electron chi connectivity index (χ4n) is 1.75. The van der Waals surface area contributed by atoms with Gasteiger partial charge in [0.05, 0.1) is 6.20 Å². The summed E-state index contributed by atoms with van der Waals surface area (Å²) < 4.78 is 0. The van der Waals surface area contributed by atoms with Gasteiger partial charge in [0.1, 0.15) is 0 Å². The molecule has 2 aromatic rings. The number of aryl methyl sites for hydroxylation is 1. The van der Waals surface area contributed by atoms with Gasteiger partial charge >= 0.3 is 0 Å². The highest BCUT2D eigenvalue weighted by Crippen LogP contribution is 2.08. The Hall–Kier alpha value is -2.17. The minimum absolute atomic E-state index is 0.321. The molecule has 2 rings (SSSR count). The van der Waals surface area contributed by atoms with Gasteiger partial charge in [0.25, 0.3) is 0 Å². The zero-order valence-corrected chi connectivity index (χ0v) is 11.5. The highest BCUT2D eigenvalue weighted by Gasteiger charge is 2.01. The molecule has 0 saturated heterocycles. The summed E-state index contributed by atoms with van der Waals surface area (Å²) in [6.07, 6.45) is 1.62. The maximum absolute atomic E-state index is 4.35. The van der Waals surface area contributed by atoms with E-state index in [0.29, 0.717) is 18.5 Å². The third-order valence-electron chi connectivity index (χ3n) is 2.53. The quantitative estimate of drug-likeness (QED) is 0.862. The van der Waals surface area contributed by atoms with Crippen LogP contribution in [0.15, 0.2) is 30.5 Å². The predicted molar refractivity (Wildman–Crippen MR) is 77.1 cm³/mol. The van der Waals surface area contributed by atoms with Crippen LogP contribution in [0.1, 0.15) is 25.0 Å². The molecular weight excluding hydrogens is 238 g/mol. The molecule has 19 heavy (non-hydrogen) atoms. The fraction of sp³-hybridized carbons (Fsp3) is 0.357. The normalized spacial score (nSPS) is 10.5. The zero-order valence-electron chi connectivity index (χ0n) is 11.5. The second kappa shape index (κ2) is 6.13. The van der Waals surface area contributed by atoms with Crippen molar-refractivity contribution in [2.45, 2.75) is 33.4 Å². The van der Waals surface area contributed by atoms with Gasteiger partial charge in [-0.15, -0.1) is 5.10 Å². The van der Waals surface area contributed by atoms with Gasteiger partial charge in [-0.1, -0.05) is 29.8 Å². The second-order valence-electron chi connectivity index (χ2n) is 4.81. The number of nitrogens with one attached hydrogen (secondary N) is 2. The van der Waals surface area contributed by atoms with E-state index in [9.17, 15) is 0 Å². The van der Waals surface area contributed by atoms with Crippen molar-refractivity contribution in [2.75, 3.05) is 10.6 Å². The lowest BCUT2D eigenvalue weighted by Crippen LogP contribution is -2.13. The van der Waals surface area contributed by atoms with Crippen molar-refractivity contribution in [1.82, 2.24) is 15.2 Å². The largest absolute Gasteiger partial charge is 0.366 e. The summed E-state index contributed by atoms with van der Waals surface area (Å²) in [4.78, 5) is 4.35. The lowest BCUT2D eigenvalue weighted by atomic mass is 10.1. The van der Waals surface area contributed by atoms with Crippen LogP contribution in [0.25, 0.3) is 0 Å². The summed E-state index contributed by atoms with van der Waals surface area (Å²) in [5.41, 5.74) is 2.44. The smallest absolute Gasteiger partial charge is 0.244 e. The van der Waals surface area contributed by atoms with Gasteiger partial charge < -0.3 is 10.6 Å². The Kier molecular flexibility index (Phi) is 4.28. The Morgan fingerprint density at radius 2 is 2.11 bits per heavy atom. The van der Waals surface area contributed by atoms with Crippen LogP contribution in [0.4, 0.5) is 11.8 Å². The molecular formula is C14H19N5. The Morgan fingerprint density at radius 1 is 1.26 bits per heavy atom. The first kappa shape index (κ1) is 13.3. The molecule has 5 heteroatoms. The average molecular weight is 257 g/mol. The van der Waals surface area contributed by atoms with Crippen LogP contribution < -0.4 is 10.6 Å². The second-order valence-corrected chi connectivity index (χ2v) is 4.81. The molecule has 0 atom stereocenters. The molecule has 0 aliphatic heterocycles. The topological polar surface area (TPSA) is 62.7 Å². The third kappa shape index (κ3) is 4.21. The molecule has 1 aromatic heterocycles. The summed E-state index contributed by atoms with van der Waals surface area (Å²) in [6, 6.07) is 8.65. The lowest BCUT2D eigenvalue weighted by molar-refractivity contribution is 0.868. The first-order valence-electron chi connectivity index (χ1n) is 6.39. The summed E-state index contributed by atoms with van der Waals surface area (Å²) in [6.45, 7) is 6.88. The minimum Gasteiger partial charge on any atom is -0.366 e. The van der Waals surface area contributed by atoms with E-state index in [2.05, 4.69) is 64.8 Å². The van der Waals surface area contributed by atoms with Gasteiger partial charge in [0.15, 0.2) is 5.82 Å². The predicted octanol–water partition coefficient (Wildman–Crippen LogP) is 2.61. The average Bonchev–Trinajstić information content (AvgIpc) is 2.36. The van der Waals surface area contributed by atoms with Crippen LogP contribution in [-0.2, 0) is 6.54 Å². The van der Waals surface area contributed by atoms with Gasteiger partial charge in [-0.3, -0.25) is 0 Å². The summed E-state index contributed by atoms with van der Waals surface area (Å²) in [5, 5.41) is 14.3. The molecule has 0 amide bonds. The van der Waals surface area contributed by atoms with Crippen molar-refractivity contribution in [3.63, 3.8) is 0 Å². The molecule has 0 unspecified atom stereocenters. The fourth-order valence-corrected chi connectivity index (χ4v) is 1.75. The first-order chi connectivity index (χ1) is 9.13. The Labute approximate surface area is 113 Å². The molecule has 0 saturated carbocycles. The van der Waals surface area contributed by atoms with Crippen molar-refractivity contribution in [1.29, 1.82) is 0 Å². The summed E-state index contributed by atoms with van der Waals surface area (Å²) >= 11 is 0. The van der Waals surface area contributed by atoms with Crippen LogP contribution in [0.3, 0.4) is 0 Å². The molecule has 0 fully saturated rings. The molecule has 0 aliphatic rings. The van der Waals surface area contributed by atoms with Crippen molar-refractivity contribution in [3.8, 4) is 0 Å². The van der Waals surface area contributed by atoms with Crippen molar-refractivity contribution >= 4 is 11.8 Å². The minimum atomic E-state index is 0.321. The molecule has 0 radical (unpaired) electrons. The van der Waals surface area contributed by atoms with E-state index >= 15 is 0 Å². The van der Waals surface area contributed by atoms with E-state index < -0.39 is 0 Å². The van der Waals surface area contributed by atoms with E-state index in [1.165, 1.54) is 11.1 Å². The number of anilines is 2. The summed E-state index contributed by atoms with van der Waals surface area (Å²) in [5.74, 6) is 1.27. The zero-order chi connectivity index (χ0) is 13.7. The van der Waals surface area contributed by atoms with Crippen molar-refractivity contribution in [3.05, 3.63) is 41.6 Å². The van der Waals surface area contributed by atoms with Crippen molar-refractivity contribution in [2.24, 2.45) is 0 Å². The van der Waals surface area contributed by atoms with Gasteiger partial charge in [-0.25, -0.2) is 0 Å². The number of benzene rings is 1. The first-order valence-corrected chi connectivity index (χ1v) is 6.39. The molecule has 100 valence electrons. The molecule has 2 N–H and O–H groups in total. The van der Waals surface area contributed by atoms with Gasteiger partial charge in [0.2, 0.25) is 5.95 Å². The van der Waals surface area contributed by atoms with E-state index in [4.69, 9.17) is 0 Å². The lowest BCUT2D eigenvalue weighted by Gasteiger charge is -2.10. The van der Waals surface area contributed by atoms with Crippen LogP contribution >= 0.6 is 0 Å². The Morgan fingerprint density at radius 3 is 2.84 bits per heavy atom. The van der Waals surface area contributed by atoms with E-state index in [1.807, 2.05) is 6.07 Å². The molecule has 0 bridgehead atoms. The summed E-state index contributed by atoms with van der Waals surface area (Å²) in [7, 11) is 0. The number of hydrogen-bond acceptors (Lipinski definition) is 5. The maximum atomic E-state index is 4.35. The van der Waals surface area contributed by atoms with Gasteiger partial charge in [-0.2, -0.15) is 10.1 Å². The molecule has 1 heterocycles. The van der Waals surface area contributed by atoms with Crippen LogP contribution in [-0.4, -0.2) is 21.2 Å². The van der Waals surface area contributed by atoms with Crippen LogP contribution in [0, 0.1) is 6.92 Å². The van der Waals surface area contributed by atoms with Crippen molar-refractivity contribution < 1.29 is 0 Å². The van der Waals surface area contributed by atoms with Crippen LogP contribution in [0.5, 0.6) is 0 Å². The highest BCUT2D eigenvalue weighted by molar-refractivity contribution is 5.38. The van der Waals surface area contributed by atoms with E-state index in [0.717, 1.165) is 5.82 Å².